The van der Waals surface area contributed by atoms with Crippen molar-refractivity contribution in [3.8, 4) is 0 Å². The van der Waals surface area contributed by atoms with E-state index in [0.717, 1.165) is 29.0 Å². The SMILES string of the molecule is FC(F)(F)c1cccc(NC(=S)Nc2noc3ccccc23)c1.FC(F)(F)c1ccccc1NC(=S)Nc1noc2ccccc12.O=[N+]([O-])c1ccccc1NC(=S)Nc1noc2ccccc12. The predicted molar refractivity (Wildman–Crippen MR) is 258 cm³/mol. The van der Waals surface area contributed by atoms with Crippen molar-refractivity contribution in [1.82, 2.24) is 15.5 Å². The van der Waals surface area contributed by atoms with Crippen molar-refractivity contribution in [2.24, 2.45) is 0 Å². The molecule has 3 aromatic heterocycles. The van der Waals surface area contributed by atoms with Gasteiger partial charge in [0.1, 0.15) is 5.69 Å². The molecule has 0 amide bonds. The number of hydrogen-bond acceptors (Lipinski definition) is 11. The summed E-state index contributed by atoms with van der Waals surface area (Å²) in [5.41, 5.74) is 0.542. The van der Waals surface area contributed by atoms with E-state index in [2.05, 4.69) is 47.4 Å². The van der Waals surface area contributed by atoms with E-state index in [9.17, 15) is 36.5 Å². The first-order chi connectivity index (χ1) is 32.5. The number of aromatic nitrogens is 3. The minimum absolute atomic E-state index is 0.0132. The Balaban J connectivity index is 0.000000151. The van der Waals surface area contributed by atoms with Gasteiger partial charge in [0, 0.05) is 11.8 Å². The Kier molecular flexibility index (Phi) is 14.7. The lowest BCUT2D eigenvalue weighted by Gasteiger charge is -2.14. The van der Waals surface area contributed by atoms with Gasteiger partial charge in [0.05, 0.1) is 37.9 Å². The molecular formula is C44H30F6N10O5S3. The molecule has 6 aromatic carbocycles. The molecule has 9 rings (SSSR count). The zero-order valence-electron chi connectivity index (χ0n) is 34.2. The smallest absolute Gasteiger partial charge is 0.354 e. The molecule has 9 aromatic rings. The van der Waals surface area contributed by atoms with E-state index >= 15 is 0 Å². The third kappa shape index (κ3) is 12.2. The Bertz CT molecular complexity index is 3270. The molecule has 0 unspecified atom stereocenters. The van der Waals surface area contributed by atoms with E-state index < -0.39 is 28.4 Å². The number of nitrogens with one attached hydrogen (secondary N) is 6. The van der Waals surface area contributed by atoms with E-state index in [1.165, 1.54) is 36.4 Å². The normalized spacial score (nSPS) is 11.1. The Morgan fingerprint density at radius 2 is 0.897 bits per heavy atom. The average Bonchev–Trinajstić information content (AvgIpc) is 4.04. The Hall–Kier alpha value is -8.22. The van der Waals surface area contributed by atoms with Gasteiger partial charge in [0.25, 0.3) is 5.69 Å². The van der Waals surface area contributed by atoms with Gasteiger partial charge in [-0.15, -0.1) is 0 Å². The number of anilines is 6. The predicted octanol–water partition coefficient (Wildman–Crippen LogP) is 12.9. The zero-order chi connectivity index (χ0) is 48.4. The number of rotatable bonds is 7. The quantitative estimate of drug-likeness (QED) is 0.0382. The molecule has 24 heteroatoms. The third-order valence-electron chi connectivity index (χ3n) is 9.11. The first kappa shape index (κ1) is 47.7. The van der Waals surface area contributed by atoms with Crippen molar-refractivity contribution in [3.05, 3.63) is 167 Å². The van der Waals surface area contributed by atoms with E-state index in [4.69, 9.17) is 50.2 Å². The maximum absolute atomic E-state index is 13.0. The summed E-state index contributed by atoms with van der Waals surface area (Å²) in [5, 5.41) is 41.4. The maximum Gasteiger partial charge on any atom is 0.418 e. The number of halogens is 6. The second-order valence-corrected chi connectivity index (χ2v) is 14.9. The van der Waals surface area contributed by atoms with Crippen molar-refractivity contribution in [1.29, 1.82) is 0 Å². The lowest BCUT2D eigenvalue weighted by molar-refractivity contribution is -0.383. The topological polar surface area (TPSA) is 193 Å². The molecule has 68 heavy (non-hydrogen) atoms. The number of hydrogen-bond donors (Lipinski definition) is 6. The number of fused-ring (bicyclic) bond motifs is 3. The summed E-state index contributed by atoms with van der Waals surface area (Å²) in [6, 6.07) is 37.6. The van der Waals surface area contributed by atoms with Crippen molar-refractivity contribution >= 4 is 125 Å². The van der Waals surface area contributed by atoms with E-state index in [1.54, 1.807) is 66.7 Å². The molecule has 15 nitrogen and oxygen atoms in total. The van der Waals surface area contributed by atoms with Gasteiger partial charge in [-0.1, -0.05) is 82.2 Å². The second-order valence-electron chi connectivity index (χ2n) is 13.7. The number of alkyl halides is 6. The molecule has 0 saturated carbocycles. The second kappa shape index (κ2) is 21.0. The number of benzene rings is 6. The number of nitrogens with zero attached hydrogens (tertiary/aromatic N) is 4. The van der Waals surface area contributed by atoms with Gasteiger partial charge in [0.2, 0.25) is 0 Å². The largest absolute Gasteiger partial charge is 0.418 e. The summed E-state index contributed by atoms with van der Waals surface area (Å²) in [6.07, 6.45) is -8.88. The Morgan fingerprint density at radius 1 is 0.485 bits per heavy atom. The minimum atomic E-state index is -4.47. The van der Waals surface area contributed by atoms with Gasteiger partial charge in [-0.25, -0.2) is 0 Å². The fraction of sp³-hybridized carbons (Fsp3) is 0.0455. The molecule has 3 heterocycles. The third-order valence-corrected chi connectivity index (χ3v) is 9.72. The van der Waals surface area contributed by atoms with Gasteiger partial charge < -0.3 is 45.5 Å². The van der Waals surface area contributed by atoms with Crippen LogP contribution in [-0.4, -0.2) is 35.7 Å². The first-order valence-electron chi connectivity index (χ1n) is 19.4. The molecule has 0 fully saturated rings. The van der Waals surface area contributed by atoms with E-state index in [0.29, 0.717) is 45.3 Å². The fourth-order valence-electron chi connectivity index (χ4n) is 6.07. The van der Waals surface area contributed by atoms with Crippen LogP contribution in [0.5, 0.6) is 0 Å². The van der Waals surface area contributed by atoms with Crippen LogP contribution in [0.3, 0.4) is 0 Å². The molecule has 0 bridgehead atoms. The van der Waals surface area contributed by atoms with Crippen molar-refractivity contribution in [2.75, 3.05) is 31.9 Å². The maximum atomic E-state index is 13.0. The van der Waals surface area contributed by atoms with Crippen molar-refractivity contribution < 1.29 is 44.8 Å². The number of thiocarbonyl (C=S) groups is 3. The van der Waals surface area contributed by atoms with Crippen molar-refractivity contribution in [2.45, 2.75) is 12.4 Å². The molecule has 0 radical (unpaired) electrons. The summed E-state index contributed by atoms with van der Waals surface area (Å²) in [4.78, 5) is 10.5. The molecular weight excluding hydrogens is 959 g/mol. The molecule has 0 aliphatic carbocycles. The fourth-order valence-corrected chi connectivity index (χ4v) is 6.70. The average molecular weight is 989 g/mol. The van der Waals surface area contributed by atoms with Crippen LogP contribution >= 0.6 is 36.7 Å². The van der Waals surface area contributed by atoms with Crippen LogP contribution in [-0.2, 0) is 12.4 Å². The number of nitro groups is 1. The highest BCUT2D eigenvalue weighted by Crippen LogP contribution is 2.35. The Morgan fingerprint density at radius 3 is 1.37 bits per heavy atom. The van der Waals surface area contributed by atoms with E-state index in [1.807, 2.05) is 24.3 Å². The summed E-state index contributed by atoms with van der Waals surface area (Å²) in [5.74, 6) is 1.18. The minimum Gasteiger partial charge on any atom is -0.354 e. The van der Waals surface area contributed by atoms with Crippen LogP contribution in [0.15, 0.2) is 159 Å². The lowest BCUT2D eigenvalue weighted by atomic mass is 10.1. The zero-order valence-corrected chi connectivity index (χ0v) is 36.6. The molecule has 0 aliphatic heterocycles. The number of para-hydroxylation sites is 6. The molecule has 346 valence electrons. The van der Waals surface area contributed by atoms with Crippen LogP contribution in [0.2, 0.25) is 0 Å². The molecule has 0 spiro atoms. The van der Waals surface area contributed by atoms with Gasteiger partial charge in [-0.2, -0.15) is 26.3 Å². The van der Waals surface area contributed by atoms with Gasteiger partial charge in [0.15, 0.2) is 49.5 Å². The Labute approximate surface area is 395 Å². The standard InChI is InChI=1S/2C15H10F3N3OS.C14H10N4O3S/c16-15(17,18)10-6-2-3-7-11(10)19-14(23)20-13-9-5-1-4-8-12(9)22-21-13;16-15(17,18)9-4-3-5-10(8-9)19-14(23)20-13-11-6-1-2-7-12(11)22-21-13;19-18(20)11-7-3-2-6-10(11)15-14(22)16-13-9-5-1-4-8-12(9)21-17-13/h2*1-8H,(H2,19,20,21,23);1-8H,(H2,15,16,17,22). The van der Waals surface area contributed by atoms with Gasteiger partial charge in [-0.3, -0.25) is 10.1 Å². The molecule has 6 N–H and O–H groups in total. The monoisotopic (exact) mass is 988 g/mol. The first-order valence-corrected chi connectivity index (χ1v) is 20.6. The van der Waals surface area contributed by atoms with Gasteiger partial charge in [-0.05, 0) is 109 Å². The summed E-state index contributed by atoms with van der Waals surface area (Å²) < 4.78 is 92.3. The van der Waals surface area contributed by atoms with E-state index in [-0.39, 0.29) is 32.4 Å². The highest BCUT2D eigenvalue weighted by atomic mass is 32.1. The summed E-state index contributed by atoms with van der Waals surface area (Å²) in [7, 11) is 0. The molecule has 0 saturated heterocycles. The molecule has 0 atom stereocenters. The van der Waals surface area contributed by atoms with Gasteiger partial charge >= 0.3 is 12.4 Å². The summed E-state index contributed by atoms with van der Waals surface area (Å²) in [6.45, 7) is 0. The summed E-state index contributed by atoms with van der Waals surface area (Å²) >= 11 is 15.3. The highest BCUT2D eigenvalue weighted by Gasteiger charge is 2.33. The van der Waals surface area contributed by atoms with Crippen LogP contribution in [0.25, 0.3) is 32.9 Å². The van der Waals surface area contributed by atoms with Crippen LogP contribution in [0.4, 0.5) is 66.5 Å². The van der Waals surface area contributed by atoms with Crippen LogP contribution < -0.4 is 31.9 Å². The van der Waals surface area contributed by atoms with Crippen LogP contribution in [0, 0.1) is 10.1 Å². The number of nitro benzene ring substituents is 1. The lowest BCUT2D eigenvalue weighted by Crippen LogP contribution is -2.21. The highest BCUT2D eigenvalue weighted by molar-refractivity contribution is 7.81. The molecule has 0 aliphatic rings. The van der Waals surface area contributed by atoms with Crippen molar-refractivity contribution in [3.63, 3.8) is 0 Å². The van der Waals surface area contributed by atoms with Crippen LogP contribution in [0.1, 0.15) is 11.1 Å².